The Morgan fingerprint density at radius 3 is 2.53 bits per heavy atom. The van der Waals surface area contributed by atoms with Crippen LogP contribution in [0, 0.1) is 0 Å². The van der Waals surface area contributed by atoms with Crippen molar-refractivity contribution in [3.8, 4) is 5.75 Å². The molecule has 92 valence electrons. The molecule has 4 nitrogen and oxygen atoms in total. The molecule has 0 radical (unpaired) electrons. The molecule has 0 atom stereocenters. The van der Waals surface area contributed by atoms with E-state index in [1.807, 2.05) is 26.8 Å². The molecule has 0 saturated heterocycles. The summed E-state index contributed by atoms with van der Waals surface area (Å²) in [6.07, 6.45) is 0.673. The van der Waals surface area contributed by atoms with Crippen molar-refractivity contribution in [2.24, 2.45) is 0 Å². The molecule has 0 fully saturated rings. The predicted octanol–water partition coefficient (Wildman–Crippen LogP) is 2.26. The first-order chi connectivity index (χ1) is 7.84. The van der Waals surface area contributed by atoms with Gasteiger partial charge in [-0.15, -0.1) is 0 Å². The lowest BCUT2D eigenvalue weighted by Gasteiger charge is -2.20. The molecule has 0 spiro atoms. The van der Waals surface area contributed by atoms with Gasteiger partial charge in [0.1, 0.15) is 5.75 Å². The van der Waals surface area contributed by atoms with E-state index in [2.05, 4.69) is 0 Å². The third-order valence-corrected chi connectivity index (χ3v) is 2.35. The van der Waals surface area contributed by atoms with Gasteiger partial charge in [-0.05, 0) is 23.1 Å². The highest BCUT2D eigenvalue weighted by Crippen LogP contribution is 2.27. The summed E-state index contributed by atoms with van der Waals surface area (Å²) in [5.74, 6) is -0.767. The number of carbonyl (C=O) groups excluding carboxylic acids is 1. The van der Waals surface area contributed by atoms with Gasteiger partial charge in [0, 0.05) is 0 Å². The Labute approximate surface area is 100 Å². The third-order valence-electron chi connectivity index (χ3n) is 2.35. The van der Waals surface area contributed by atoms with Crippen LogP contribution in [0.4, 0.5) is 0 Å². The van der Waals surface area contributed by atoms with Crippen molar-refractivity contribution in [2.45, 2.75) is 26.2 Å². The predicted molar refractivity (Wildman–Crippen MR) is 63.7 cm³/mol. The maximum atomic E-state index is 10.9. The summed E-state index contributed by atoms with van der Waals surface area (Å²) in [6.45, 7) is 5.66. The van der Waals surface area contributed by atoms with Crippen molar-refractivity contribution in [1.82, 2.24) is 0 Å². The molecular formula is C13H16O4. The van der Waals surface area contributed by atoms with Crippen LogP contribution in [0.1, 0.15) is 36.7 Å². The number of rotatable bonds is 4. The summed E-state index contributed by atoms with van der Waals surface area (Å²) >= 11 is 0. The first-order valence-corrected chi connectivity index (χ1v) is 5.29. The highest BCUT2D eigenvalue weighted by Gasteiger charge is 2.16. The molecule has 1 rings (SSSR count). The Hall–Kier alpha value is -1.84. The van der Waals surface area contributed by atoms with Gasteiger partial charge in [0.25, 0.3) is 0 Å². The number of hydrogen-bond donors (Lipinski definition) is 1. The zero-order valence-corrected chi connectivity index (χ0v) is 10.2. The number of aliphatic carboxylic acids is 1. The van der Waals surface area contributed by atoms with Crippen LogP contribution >= 0.6 is 0 Å². The summed E-state index contributed by atoms with van der Waals surface area (Å²) in [5.41, 5.74) is 1.31. The number of benzene rings is 1. The second-order valence-electron chi connectivity index (χ2n) is 4.80. The van der Waals surface area contributed by atoms with E-state index in [4.69, 9.17) is 9.84 Å². The largest absolute Gasteiger partial charge is 0.481 e. The Kier molecular flexibility index (Phi) is 3.89. The van der Waals surface area contributed by atoms with Gasteiger partial charge >= 0.3 is 5.97 Å². The monoisotopic (exact) mass is 236 g/mol. The first kappa shape index (κ1) is 13.2. The van der Waals surface area contributed by atoms with Crippen molar-refractivity contribution in [2.75, 3.05) is 6.61 Å². The second kappa shape index (κ2) is 4.99. The van der Waals surface area contributed by atoms with Crippen LogP contribution in [-0.4, -0.2) is 24.0 Å². The molecule has 17 heavy (non-hydrogen) atoms. The van der Waals surface area contributed by atoms with E-state index in [9.17, 15) is 9.59 Å². The van der Waals surface area contributed by atoms with Crippen LogP contribution in [-0.2, 0) is 10.2 Å². The molecule has 0 aliphatic carbocycles. The standard InChI is InChI=1S/C13H16O4/c1-13(2,3)10-4-5-11(9(6-10)7-14)17-8-12(15)16/h4-7H,8H2,1-3H3,(H,15,16). The van der Waals surface area contributed by atoms with Gasteiger partial charge in [0.05, 0.1) is 5.56 Å². The minimum absolute atomic E-state index is 0.0664. The summed E-state index contributed by atoms with van der Waals surface area (Å²) in [7, 11) is 0. The van der Waals surface area contributed by atoms with Gasteiger partial charge in [-0.1, -0.05) is 26.8 Å². The molecule has 1 aromatic rings. The molecule has 0 amide bonds. The number of carbonyl (C=O) groups is 2. The highest BCUT2D eigenvalue weighted by atomic mass is 16.5. The average Bonchev–Trinajstić information content (AvgIpc) is 2.24. The quantitative estimate of drug-likeness (QED) is 0.814. The Morgan fingerprint density at radius 1 is 1.41 bits per heavy atom. The van der Waals surface area contributed by atoms with Gasteiger partial charge in [-0.3, -0.25) is 4.79 Å². The molecule has 0 saturated carbocycles. The topological polar surface area (TPSA) is 63.6 Å². The molecule has 0 aromatic heterocycles. The van der Waals surface area contributed by atoms with E-state index in [1.54, 1.807) is 12.1 Å². The molecule has 0 aliphatic rings. The maximum Gasteiger partial charge on any atom is 0.341 e. The van der Waals surface area contributed by atoms with E-state index in [0.29, 0.717) is 17.6 Å². The van der Waals surface area contributed by atoms with Crippen LogP contribution in [0.25, 0.3) is 0 Å². The van der Waals surface area contributed by atoms with E-state index in [-0.39, 0.29) is 5.41 Å². The lowest BCUT2D eigenvalue weighted by molar-refractivity contribution is -0.139. The Bertz CT molecular complexity index is 430. The lowest BCUT2D eigenvalue weighted by Crippen LogP contribution is -2.13. The SMILES string of the molecule is CC(C)(C)c1ccc(OCC(=O)O)c(C=O)c1. The van der Waals surface area contributed by atoms with Crippen LogP contribution in [0.5, 0.6) is 5.75 Å². The van der Waals surface area contributed by atoms with Crippen molar-refractivity contribution >= 4 is 12.3 Å². The Balaban J connectivity index is 3.01. The van der Waals surface area contributed by atoms with Crippen LogP contribution in [0.2, 0.25) is 0 Å². The van der Waals surface area contributed by atoms with E-state index >= 15 is 0 Å². The number of ether oxygens (including phenoxy) is 1. The molecule has 4 heteroatoms. The molecule has 1 N–H and O–H groups in total. The third kappa shape index (κ3) is 3.59. The number of hydrogen-bond acceptors (Lipinski definition) is 3. The van der Waals surface area contributed by atoms with Gasteiger partial charge in [-0.25, -0.2) is 4.79 Å². The smallest absolute Gasteiger partial charge is 0.341 e. The number of carboxylic acid groups (broad SMARTS) is 1. The van der Waals surface area contributed by atoms with Gasteiger partial charge in [-0.2, -0.15) is 0 Å². The second-order valence-corrected chi connectivity index (χ2v) is 4.80. The van der Waals surface area contributed by atoms with Crippen LogP contribution < -0.4 is 4.74 Å². The minimum atomic E-state index is -1.07. The zero-order chi connectivity index (χ0) is 13.1. The van der Waals surface area contributed by atoms with Gasteiger partial charge in [0.2, 0.25) is 0 Å². The van der Waals surface area contributed by atoms with Crippen molar-refractivity contribution in [3.63, 3.8) is 0 Å². The maximum absolute atomic E-state index is 10.9. The number of carboxylic acids is 1. The summed E-state index contributed by atoms with van der Waals surface area (Å²) in [4.78, 5) is 21.3. The minimum Gasteiger partial charge on any atom is -0.481 e. The Morgan fingerprint density at radius 2 is 2.06 bits per heavy atom. The van der Waals surface area contributed by atoms with Crippen LogP contribution in [0.15, 0.2) is 18.2 Å². The fourth-order valence-corrected chi connectivity index (χ4v) is 1.38. The lowest BCUT2D eigenvalue weighted by atomic mass is 9.86. The molecule has 0 aliphatic heterocycles. The molecule has 0 unspecified atom stereocenters. The normalized spacial score (nSPS) is 11.0. The van der Waals surface area contributed by atoms with Gasteiger partial charge in [0.15, 0.2) is 12.9 Å². The van der Waals surface area contributed by atoms with E-state index in [1.165, 1.54) is 0 Å². The number of aldehydes is 1. The summed E-state index contributed by atoms with van der Waals surface area (Å²) < 4.78 is 5.03. The molecule has 0 bridgehead atoms. The first-order valence-electron chi connectivity index (χ1n) is 5.29. The molecule has 0 heterocycles. The van der Waals surface area contributed by atoms with Gasteiger partial charge < -0.3 is 9.84 Å². The van der Waals surface area contributed by atoms with E-state index < -0.39 is 12.6 Å². The molecular weight excluding hydrogens is 220 g/mol. The van der Waals surface area contributed by atoms with Crippen molar-refractivity contribution < 1.29 is 19.4 Å². The summed E-state index contributed by atoms with van der Waals surface area (Å²) in [5, 5.41) is 8.51. The fraction of sp³-hybridized carbons (Fsp3) is 0.385. The fourth-order valence-electron chi connectivity index (χ4n) is 1.38. The summed E-state index contributed by atoms with van der Waals surface area (Å²) in [6, 6.07) is 5.20. The zero-order valence-electron chi connectivity index (χ0n) is 10.2. The van der Waals surface area contributed by atoms with E-state index in [0.717, 1.165) is 5.56 Å². The molecule has 1 aromatic carbocycles. The van der Waals surface area contributed by atoms with Crippen molar-refractivity contribution in [3.05, 3.63) is 29.3 Å². The van der Waals surface area contributed by atoms with Crippen molar-refractivity contribution in [1.29, 1.82) is 0 Å². The highest BCUT2D eigenvalue weighted by molar-refractivity contribution is 5.80. The van der Waals surface area contributed by atoms with Crippen LogP contribution in [0.3, 0.4) is 0 Å². The average molecular weight is 236 g/mol.